The second kappa shape index (κ2) is 6.00. The van der Waals surface area contributed by atoms with Crippen LogP contribution in [0, 0.1) is 0 Å². The molecular formula is C18H22O2. The Morgan fingerprint density at radius 2 is 1.40 bits per heavy atom. The van der Waals surface area contributed by atoms with Gasteiger partial charge in [0, 0.05) is 0 Å². The molecule has 2 heteroatoms. The predicted octanol–water partition coefficient (Wildman–Crippen LogP) is 4.45. The molecule has 0 unspecified atom stereocenters. The number of hydrogen-bond acceptors (Lipinski definition) is 2. The molecule has 2 nitrogen and oxygen atoms in total. The molecule has 20 heavy (non-hydrogen) atoms. The molecule has 0 aliphatic carbocycles. The summed E-state index contributed by atoms with van der Waals surface area (Å²) < 4.78 is 0. The van der Waals surface area contributed by atoms with Crippen molar-refractivity contribution >= 4 is 0 Å². The fourth-order valence-corrected chi connectivity index (χ4v) is 2.54. The Kier molecular flexibility index (Phi) is 4.33. The maximum Gasteiger partial charge on any atom is 0.130 e. The molecule has 0 fully saturated rings. The Hall–Kier alpha value is -1.96. The van der Waals surface area contributed by atoms with E-state index in [4.69, 9.17) is 0 Å². The van der Waals surface area contributed by atoms with Crippen LogP contribution in [-0.2, 0) is 19.3 Å². The quantitative estimate of drug-likeness (QED) is 0.861. The van der Waals surface area contributed by atoms with Crippen LogP contribution in [0.5, 0.6) is 11.5 Å². The van der Waals surface area contributed by atoms with Gasteiger partial charge in [-0.25, -0.2) is 0 Å². The fourth-order valence-electron chi connectivity index (χ4n) is 2.54. The third-order valence-corrected chi connectivity index (χ3v) is 3.82. The first-order valence-electron chi connectivity index (χ1n) is 7.28. The molecule has 0 heterocycles. The molecule has 0 radical (unpaired) electrons. The highest BCUT2D eigenvalue weighted by Crippen LogP contribution is 2.42. The zero-order valence-corrected chi connectivity index (χ0v) is 12.4. The van der Waals surface area contributed by atoms with Gasteiger partial charge >= 0.3 is 0 Å². The minimum absolute atomic E-state index is 0.204. The van der Waals surface area contributed by atoms with Crippen molar-refractivity contribution in [2.75, 3.05) is 0 Å². The fraction of sp³-hybridized carbons (Fsp3) is 0.333. The van der Waals surface area contributed by atoms with Gasteiger partial charge in [0.2, 0.25) is 0 Å². The molecule has 2 aromatic rings. The van der Waals surface area contributed by atoms with Gasteiger partial charge in [0.15, 0.2) is 0 Å². The van der Waals surface area contributed by atoms with E-state index >= 15 is 0 Å². The Balaban J connectivity index is 2.71. The van der Waals surface area contributed by atoms with E-state index in [2.05, 4.69) is 13.0 Å². The van der Waals surface area contributed by atoms with Crippen LogP contribution in [0.1, 0.15) is 37.5 Å². The highest BCUT2D eigenvalue weighted by atomic mass is 16.3. The zero-order chi connectivity index (χ0) is 14.7. The van der Waals surface area contributed by atoms with Gasteiger partial charge in [-0.15, -0.1) is 0 Å². The lowest BCUT2D eigenvalue weighted by Crippen LogP contribution is -1.93. The van der Waals surface area contributed by atoms with Gasteiger partial charge < -0.3 is 10.2 Å². The van der Waals surface area contributed by atoms with Gasteiger partial charge in [-0.2, -0.15) is 0 Å². The lowest BCUT2D eigenvalue weighted by atomic mass is 9.93. The number of aromatic hydroxyl groups is 2. The van der Waals surface area contributed by atoms with Crippen molar-refractivity contribution in [3.63, 3.8) is 0 Å². The molecule has 0 bridgehead atoms. The SMILES string of the molecule is CCc1cccc(-c2c(O)c(CC)cc(CC)c2O)c1. The molecule has 0 saturated heterocycles. The summed E-state index contributed by atoms with van der Waals surface area (Å²) in [5.74, 6) is 0.408. The molecule has 0 atom stereocenters. The number of phenolic OH excluding ortho intramolecular Hbond substituents is 2. The van der Waals surface area contributed by atoms with E-state index in [1.165, 1.54) is 5.56 Å². The van der Waals surface area contributed by atoms with Crippen molar-refractivity contribution < 1.29 is 10.2 Å². The average Bonchev–Trinajstić information content (AvgIpc) is 2.48. The molecule has 106 valence electrons. The van der Waals surface area contributed by atoms with E-state index in [9.17, 15) is 10.2 Å². The first kappa shape index (κ1) is 14.4. The van der Waals surface area contributed by atoms with Gasteiger partial charge in [0.05, 0.1) is 5.56 Å². The average molecular weight is 270 g/mol. The van der Waals surface area contributed by atoms with E-state index in [0.29, 0.717) is 5.56 Å². The maximum absolute atomic E-state index is 10.4. The largest absolute Gasteiger partial charge is 0.507 e. The van der Waals surface area contributed by atoms with Crippen molar-refractivity contribution in [2.24, 2.45) is 0 Å². The summed E-state index contributed by atoms with van der Waals surface area (Å²) in [5.41, 5.74) is 4.41. The van der Waals surface area contributed by atoms with Crippen LogP contribution in [0.15, 0.2) is 30.3 Å². The van der Waals surface area contributed by atoms with Crippen LogP contribution < -0.4 is 0 Å². The molecule has 0 spiro atoms. The Morgan fingerprint density at radius 1 is 0.800 bits per heavy atom. The monoisotopic (exact) mass is 270 g/mol. The lowest BCUT2D eigenvalue weighted by Gasteiger charge is -2.15. The van der Waals surface area contributed by atoms with Gasteiger partial charge in [-0.05, 0) is 47.6 Å². The molecule has 0 saturated carbocycles. The minimum atomic E-state index is 0.204. The van der Waals surface area contributed by atoms with E-state index in [1.54, 1.807) is 0 Å². The van der Waals surface area contributed by atoms with Crippen molar-refractivity contribution in [3.05, 3.63) is 47.0 Å². The van der Waals surface area contributed by atoms with Crippen LogP contribution in [0.25, 0.3) is 11.1 Å². The number of benzene rings is 2. The molecule has 0 aliphatic heterocycles. The lowest BCUT2D eigenvalue weighted by molar-refractivity contribution is 0.446. The molecule has 2 N–H and O–H groups in total. The summed E-state index contributed by atoms with van der Waals surface area (Å²) in [6.07, 6.45) is 2.43. The number of rotatable bonds is 4. The van der Waals surface area contributed by atoms with Crippen molar-refractivity contribution in [1.82, 2.24) is 0 Å². The van der Waals surface area contributed by atoms with E-state index < -0.39 is 0 Å². The summed E-state index contributed by atoms with van der Waals surface area (Å²) in [6, 6.07) is 9.90. The van der Waals surface area contributed by atoms with Crippen LogP contribution in [-0.4, -0.2) is 10.2 Å². The van der Waals surface area contributed by atoms with Crippen molar-refractivity contribution in [3.8, 4) is 22.6 Å². The number of phenols is 2. The topological polar surface area (TPSA) is 40.5 Å². The van der Waals surface area contributed by atoms with Gasteiger partial charge in [-0.1, -0.05) is 45.0 Å². The van der Waals surface area contributed by atoms with Crippen LogP contribution in [0.2, 0.25) is 0 Å². The summed E-state index contributed by atoms with van der Waals surface area (Å²) >= 11 is 0. The highest BCUT2D eigenvalue weighted by molar-refractivity contribution is 5.79. The van der Waals surface area contributed by atoms with Crippen molar-refractivity contribution in [2.45, 2.75) is 40.0 Å². The molecule has 0 amide bonds. The third-order valence-electron chi connectivity index (χ3n) is 3.82. The number of aryl methyl sites for hydroxylation is 3. The first-order valence-corrected chi connectivity index (χ1v) is 7.28. The van der Waals surface area contributed by atoms with E-state index in [-0.39, 0.29) is 11.5 Å². The Morgan fingerprint density at radius 3 is 1.90 bits per heavy atom. The Bertz CT molecular complexity index is 587. The first-order chi connectivity index (χ1) is 9.62. The van der Waals surface area contributed by atoms with E-state index in [0.717, 1.165) is 36.0 Å². The third kappa shape index (κ3) is 2.51. The maximum atomic E-state index is 10.4. The van der Waals surface area contributed by atoms with Crippen molar-refractivity contribution in [1.29, 1.82) is 0 Å². The van der Waals surface area contributed by atoms with Gasteiger partial charge in [0.1, 0.15) is 11.5 Å². The van der Waals surface area contributed by atoms with E-state index in [1.807, 2.05) is 38.1 Å². The second-order valence-electron chi connectivity index (χ2n) is 5.03. The standard InChI is InChI=1S/C18H22O2/c1-4-12-8-7-9-15(10-12)16-17(19)13(5-2)11-14(6-3)18(16)20/h7-11,19-20H,4-6H2,1-3H3. The molecule has 2 aromatic carbocycles. The van der Waals surface area contributed by atoms with Gasteiger partial charge in [0.25, 0.3) is 0 Å². The minimum Gasteiger partial charge on any atom is -0.507 e. The second-order valence-corrected chi connectivity index (χ2v) is 5.03. The highest BCUT2D eigenvalue weighted by Gasteiger charge is 2.17. The zero-order valence-electron chi connectivity index (χ0n) is 12.4. The van der Waals surface area contributed by atoms with Gasteiger partial charge in [-0.3, -0.25) is 0 Å². The normalized spacial score (nSPS) is 10.8. The molecule has 2 rings (SSSR count). The van der Waals surface area contributed by atoms with Crippen LogP contribution in [0.4, 0.5) is 0 Å². The molecule has 0 aromatic heterocycles. The molecule has 0 aliphatic rings. The summed E-state index contributed by atoms with van der Waals surface area (Å²) in [6.45, 7) is 6.12. The summed E-state index contributed by atoms with van der Waals surface area (Å²) in [7, 11) is 0. The Labute approximate surface area is 120 Å². The van der Waals surface area contributed by atoms with Crippen LogP contribution in [0.3, 0.4) is 0 Å². The summed E-state index contributed by atoms with van der Waals surface area (Å²) in [5, 5.41) is 20.9. The van der Waals surface area contributed by atoms with Crippen LogP contribution >= 0.6 is 0 Å². The summed E-state index contributed by atoms with van der Waals surface area (Å²) in [4.78, 5) is 0. The smallest absolute Gasteiger partial charge is 0.130 e. The predicted molar refractivity (Wildman–Crippen MR) is 83.3 cm³/mol. The number of hydrogen-bond donors (Lipinski definition) is 2. The molecular weight excluding hydrogens is 248 g/mol.